The lowest BCUT2D eigenvalue weighted by molar-refractivity contribution is -0.117. The average molecular weight is 339 g/mol. The van der Waals surface area contributed by atoms with Crippen molar-refractivity contribution >= 4 is 44.6 Å². The third-order valence-corrected chi connectivity index (χ3v) is 4.34. The highest BCUT2D eigenvalue weighted by molar-refractivity contribution is 7.90. The van der Waals surface area contributed by atoms with Crippen molar-refractivity contribution in [3.8, 4) is 0 Å². The van der Waals surface area contributed by atoms with Crippen LogP contribution in [0, 0.1) is 6.92 Å². The van der Waals surface area contributed by atoms with Crippen molar-refractivity contribution in [1.29, 1.82) is 0 Å². The van der Waals surface area contributed by atoms with Crippen molar-refractivity contribution in [2.24, 2.45) is 5.73 Å². The van der Waals surface area contributed by atoms with E-state index in [9.17, 15) is 13.2 Å². The molecule has 0 saturated carbocycles. The Hall–Kier alpha value is -0.820. The van der Waals surface area contributed by atoms with Crippen LogP contribution in [0.5, 0.6) is 0 Å². The summed E-state index contributed by atoms with van der Waals surface area (Å²) < 4.78 is 22.1. The van der Waals surface area contributed by atoms with Crippen LogP contribution in [0.2, 0.25) is 10.0 Å². The summed E-state index contributed by atoms with van der Waals surface area (Å²) in [6.45, 7) is 1.79. The Kier molecular flexibility index (Phi) is 5.82. The van der Waals surface area contributed by atoms with Gasteiger partial charge in [0, 0.05) is 11.3 Å². The fraction of sp³-hybridized carbons (Fsp3) is 0.417. The zero-order valence-electron chi connectivity index (χ0n) is 11.1. The van der Waals surface area contributed by atoms with Crippen molar-refractivity contribution in [3.05, 3.63) is 27.7 Å². The SMILES string of the molecule is Cc1cc(Cl)c(NC(=O)C(N)CCS(C)(=O)=O)cc1Cl. The molecule has 0 spiro atoms. The highest BCUT2D eigenvalue weighted by Gasteiger charge is 2.17. The van der Waals surface area contributed by atoms with E-state index in [1.165, 1.54) is 6.07 Å². The van der Waals surface area contributed by atoms with Gasteiger partial charge >= 0.3 is 0 Å². The van der Waals surface area contributed by atoms with Gasteiger partial charge in [0.2, 0.25) is 5.91 Å². The van der Waals surface area contributed by atoms with Gasteiger partial charge in [-0.1, -0.05) is 23.2 Å². The first-order valence-electron chi connectivity index (χ1n) is 5.80. The Morgan fingerprint density at radius 1 is 1.35 bits per heavy atom. The Balaban J connectivity index is 2.73. The van der Waals surface area contributed by atoms with Crippen LogP contribution in [0.4, 0.5) is 5.69 Å². The van der Waals surface area contributed by atoms with Crippen LogP contribution in [0.25, 0.3) is 0 Å². The fourth-order valence-corrected chi connectivity index (χ4v) is 2.55. The van der Waals surface area contributed by atoms with Crippen LogP contribution in [0.1, 0.15) is 12.0 Å². The van der Waals surface area contributed by atoms with Crippen LogP contribution in [-0.2, 0) is 14.6 Å². The Morgan fingerprint density at radius 2 is 1.95 bits per heavy atom. The van der Waals surface area contributed by atoms with Gasteiger partial charge < -0.3 is 11.1 Å². The van der Waals surface area contributed by atoms with Gasteiger partial charge in [-0.15, -0.1) is 0 Å². The van der Waals surface area contributed by atoms with E-state index < -0.39 is 21.8 Å². The highest BCUT2D eigenvalue weighted by atomic mass is 35.5. The molecule has 1 aromatic rings. The van der Waals surface area contributed by atoms with Gasteiger partial charge in [0.15, 0.2) is 0 Å². The van der Waals surface area contributed by atoms with Gasteiger partial charge in [0.1, 0.15) is 9.84 Å². The number of benzene rings is 1. The first-order valence-corrected chi connectivity index (χ1v) is 8.61. The maximum atomic E-state index is 11.8. The molecule has 1 rings (SSSR count). The number of amides is 1. The average Bonchev–Trinajstić information content (AvgIpc) is 2.31. The quantitative estimate of drug-likeness (QED) is 0.859. The first-order chi connectivity index (χ1) is 9.10. The summed E-state index contributed by atoms with van der Waals surface area (Å²) in [4.78, 5) is 11.8. The van der Waals surface area contributed by atoms with E-state index in [1.807, 2.05) is 0 Å². The molecule has 0 heterocycles. The van der Waals surface area contributed by atoms with Crippen LogP contribution in [0.15, 0.2) is 12.1 Å². The maximum Gasteiger partial charge on any atom is 0.241 e. The number of nitrogens with two attached hydrogens (primary N) is 1. The lowest BCUT2D eigenvalue weighted by Gasteiger charge is -2.13. The predicted octanol–water partition coefficient (Wildman–Crippen LogP) is 2.00. The van der Waals surface area contributed by atoms with E-state index in [2.05, 4.69) is 5.32 Å². The van der Waals surface area contributed by atoms with Gasteiger partial charge in [-0.25, -0.2) is 8.42 Å². The second kappa shape index (κ2) is 6.76. The monoisotopic (exact) mass is 338 g/mol. The molecule has 20 heavy (non-hydrogen) atoms. The molecule has 0 saturated heterocycles. The lowest BCUT2D eigenvalue weighted by atomic mass is 10.2. The summed E-state index contributed by atoms with van der Waals surface area (Å²) in [5, 5.41) is 3.35. The molecule has 0 aliphatic rings. The number of aryl methyl sites for hydroxylation is 1. The number of carbonyl (C=O) groups is 1. The Labute approximate surface area is 128 Å². The minimum Gasteiger partial charge on any atom is -0.323 e. The lowest BCUT2D eigenvalue weighted by Crippen LogP contribution is -2.37. The third kappa shape index (κ3) is 5.28. The zero-order valence-corrected chi connectivity index (χ0v) is 13.4. The van der Waals surface area contributed by atoms with Crippen molar-refractivity contribution in [2.45, 2.75) is 19.4 Å². The largest absolute Gasteiger partial charge is 0.323 e. The summed E-state index contributed by atoms with van der Waals surface area (Å²) in [5.41, 5.74) is 6.77. The van der Waals surface area contributed by atoms with Crippen LogP contribution in [-0.4, -0.2) is 32.4 Å². The Morgan fingerprint density at radius 3 is 2.50 bits per heavy atom. The summed E-state index contributed by atoms with van der Waals surface area (Å²) in [6.07, 6.45) is 1.14. The number of carbonyl (C=O) groups excluding carboxylic acids is 1. The molecule has 0 radical (unpaired) electrons. The predicted molar refractivity (Wildman–Crippen MR) is 82.1 cm³/mol. The van der Waals surface area contributed by atoms with Crippen LogP contribution >= 0.6 is 23.2 Å². The number of hydrogen-bond acceptors (Lipinski definition) is 4. The van der Waals surface area contributed by atoms with Crippen molar-refractivity contribution < 1.29 is 13.2 Å². The molecule has 8 heteroatoms. The highest BCUT2D eigenvalue weighted by Crippen LogP contribution is 2.28. The van der Waals surface area contributed by atoms with Crippen LogP contribution in [0.3, 0.4) is 0 Å². The fourth-order valence-electron chi connectivity index (χ4n) is 1.44. The molecule has 5 nitrogen and oxygen atoms in total. The summed E-state index contributed by atoms with van der Waals surface area (Å²) in [5.74, 6) is -0.653. The van der Waals surface area contributed by atoms with E-state index in [4.69, 9.17) is 28.9 Å². The molecule has 0 aliphatic heterocycles. The van der Waals surface area contributed by atoms with Crippen molar-refractivity contribution in [1.82, 2.24) is 0 Å². The van der Waals surface area contributed by atoms with E-state index in [-0.39, 0.29) is 12.2 Å². The van der Waals surface area contributed by atoms with Crippen molar-refractivity contribution in [3.63, 3.8) is 0 Å². The van der Waals surface area contributed by atoms with Gasteiger partial charge in [0.25, 0.3) is 0 Å². The molecule has 1 atom stereocenters. The molecule has 3 N–H and O–H groups in total. The number of hydrogen-bond donors (Lipinski definition) is 2. The number of halogens is 2. The Bertz CT molecular complexity index is 617. The molecular weight excluding hydrogens is 323 g/mol. The molecule has 1 amide bonds. The van der Waals surface area contributed by atoms with E-state index >= 15 is 0 Å². The number of anilines is 1. The van der Waals surface area contributed by atoms with Gasteiger partial charge in [-0.2, -0.15) is 0 Å². The number of nitrogens with one attached hydrogen (secondary N) is 1. The normalized spacial score (nSPS) is 13.1. The second-order valence-electron chi connectivity index (χ2n) is 4.60. The van der Waals surface area contributed by atoms with E-state index in [0.717, 1.165) is 11.8 Å². The minimum atomic E-state index is -3.15. The maximum absolute atomic E-state index is 11.8. The molecule has 0 aliphatic carbocycles. The number of rotatable bonds is 5. The number of sulfone groups is 1. The topological polar surface area (TPSA) is 89.3 Å². The van der Waals surface area contributed by atoms with Gasteiger partial charge in [-0.05, 0) is 31.0 Å². The summed E-state index contributed by atoms with van der Waals surface area (Å²) >= 11 is 11.9. The van der Waals surface area contributed by atoms with Crippen molar-refractivity contribution in [2.75, 3.05) is 17.3 Å². The zero-order chi connectivity index (χ0) is 15.5. The van der Waals surface area contributed by atoms with E-state index in [0.29, 0.717) is 15.7 Å². The molecule has 1 unspecified atom stereocenters. The molecule has 0 aromatic heterocycles. The molecule has 112 valence electrons. The first kappa shape index (κ1) is 17.2. The van der Waals surface area contributed by atoms with Crippen LogP contribution < -0.4 is 11.1 Å². The smallest absolute Gasteiger partial charge is 0.241 e. The minimum absolute atomic E-state index is 0.0435. The van der Waals surface area contributed by atoms with Gasteiger partial charge in [0.05, 0.1) is 22.5 Å². The third-order valence-electron chi connectivity index (χ3n) is 2.64. The molecular formula is C12H16Cl2N2O3S. The van der Waals surface area contributed by atoms with Gasteiger partial charge in [-0.3, -0.25) is 4.79 Å². The molecule has 0 fully saturated rings. The summed E-state index contributed by atoms with van der Waals surface area (Å²) in [7, 11) is -3.15. The summed E-state index contributed by atoms with van der Waals surface area (Å²) in [6, 6.07) is 2.22. The van der Waals surface area contributed by atoms with E-state index in [1.54, 1.807) is 13.0 Å². The molecule has 0 bridgehead atoms. The standard InChI is InChI=1S/C12H16Cl2N2O3S/c1-7-5-9(14)11(6-8(7)13)16-12(17)10(15)3-4-20(2,18)19/h5-6,10H,3-4,15H2,1-2H3,(H,16,17). The second-order valence-corrected chi connectivity index (χ2v) is 7.67. The molecule has 1 aromatic carbocycles.